The second kappa shape index (κ2) is 8.05. The number of rotatable bonds is 6. The van der Waals surface area contributed by atoms with Crippen LogP contribution < -0.4 is 11.5 Å². The summed E-state index contributed by atoms with van der Waals surface area (Å²) in [5, 5.41) is 20.0. The number of likely N-dealkylation sites (tertiary alicyclic amines) is 1. The van der Waals surface area contributed by atoms with Crippen LogP contribution in [-0.2, 0) is 9.59 Å². The Morgan fingerprint density at radius 3 is 2.60 bits per heavy atom. The van der Waals surface area contributed by atoms with Crippen LogP contribution in [0.4, 0.5) is 0 Å². The second-order valence-electron chi connectivity index (χ2n) is 8.99. The Balaban J connectivity index is 1.39. The van der Waals surface area contributed by atoms with Crippen molar-refractivity contribution in [3.8, 4) is 0 Å². The van der Waals surface area contributed by atoms with Gasteiger partial charge >= 0.3 is 5.97 Å². The largest absolute Gasteiger partial charge is 0.477 e. The highest BCUT2D eigenvalue weighted by molar-refractivity contribution is 8.03. The minimum Gasteiger partial charge on any atom is -0.477 e. The monoisotopic (exact) mass is 437 g/mol. The molecular formula is C20H31N5O4S. The van der Waals surface area contributed by atoms with Crippen LogP contribution in [0.3, 0.4) is 0 Å². The van der Waals surface area contributed by atoms with Gasteiger partial charge in [-0.3, -0.25) is 14.7 Å². The molecule has 0 aromatic carbocycles. The van der Waals surface area contributed by atoms with E-state index in [1.165, 1.54) is 4.90 Å². The first-order chi connectivity index (χ1) is 14.2. The van der Waals surface area contributed by atoms with E-state index >= 15 is 0 Å². The molecule has 0 bridgehead atoms. The molecule has 9 nitrogen and oxygen atoms in total. The molecule has 0 aromatic heterocycles. The molecule has 166 valence electrons. The second-order valence-corrected chi connectivity index (χ2v) is 10.3. The van der Waals surface area contributed by atoms with Crippen molar-refractivity contribution in [1.82, 2.24) is 9.80 Å². The number of nitrogens with two attached hydrogens (primary N) is 2. The third kappa shape index (κ3) is 3.58. The molecule has 3 aliphatic heterocycles. The third-order valence-corrected chi connectivity index (χ3v) is 8.40. The van der Waals surface area contributed by atoms with Gasteiger partial charge in [-0.15, -0.1) is 11.8 Å². The van der Waals surface area contributed by atoms with Gasteiger partial charge in [0.05, 0.1) is 24.1 Å². The van der Waals surface area contributed by atoms with Gasteiger partial charge < -0.3 is 26.6 Å². The predicted octanol–water partition coefficient (Wildman–Crippen LogP) is 0.142. The molecule has 4 rings (SSSR count). The smallest absolute Gasteiger partial charge is 0.353 e. The zero-order valence-electron chi connectivity index (χ0n) is 17.4. The van der Waals surface area contributed by atoms with Crippen molar-refractivity contribution in [3.63, 3.8) is 0 Å². The molecule has 1 amide bonds. The highest BCUT2D eigenvalue weighted by Gasteiger charge is 2.60. The molecule has 30 heavy (non-hydrogen) atoms. The van der Waals surface area contributed by atoms with Crippen molar-refractivity contribution in [1.29, 1.82) is 0 Å². The summed E-state index contributed by atoms with van der Waals surface area (Å²) in [4.78, 5) is 33.3. The number of aliphatic hydroxyl groups excluding tert-OH is 1. The van der Waals surface area contributed by atoms with Gasteiger partial charge in [0.15, 0.2) is 5.96 Å². The maximum atomic E-state index is 12.4. The van der Waals surface area contributed by atoms with Gasteiger partial charge in [-0.2, -0.15) is 0 Å². The number of fused-ring (bicyclic) bond motifs is 1. The summed E-state index contributed by atoms with van der Waals surface area (Å²) >= 11 is 1.60. The van der Waals surface area contributed by atoms with Gasteiger partial charge in [0, 0.05) is 35.2 Å². The van der Waals surface area contributed by atoms with Crippen LogP contribution in [0.5, 0.6) is 0 Å². The molecule has 6 N–H and O–H groups in total. The molecule has 0 aromatic rings. The Morgan fingerprint density at radius 1 is 1.30 bits per heavy atom. The van der Waals surface area contributed by atoms with Gasteiger partial charge in [0.25, 0.3) is 0 Å². The quantitative estimate of drug-likeness (QED) is 0.261. The van der Waals surface area contributed by atoms with Crippen LogP contribution >= 0.6 is 11.8 Å². The number of hydrogen-bond acceptors (Lipinski definition) is 6. The third-order valence-electron chi connectivity index (χ3n) is 6.95. The van der Waals surface area contributed by atoms with E-state index < -0.39 is 18.0 Å². The minimum absolute atomic E-state index is 0.0756. The SMILES string of the molecule is CC(O)[C@H]1C(=O)N2C(C(=O)O)=C(SC3CN([C@H]4CCC[C@H](N=C(N)N)C4)C3)[C@H](C)[C@H]12. The lowest BCUT2D eigenvalue weighted by atomic mass is 9.79. The fourth-order valence-corrected chi connectivity index (χ4v) is 7.04. The molecular weight excluding hydrogens is 406 g/mol. The lowest BCUT2D eigenvalue weighted by Gasteiger charge is -2.47. The number of carbonyl (C=O) groups is 2. The maximum absolute atomic E-state index is 12.4. The maximum Gasteiger partial charge on any atom is 0.353 e. The lowest BCUT2D eigenvalue weighted by Crippen LogP contribution is -2.63. The van der Waals surface area contributed by atoms with E-state index in [4.69, 9.17) is 11.5 Å². The number of thioether (sulfide) groups is 1. The van der Waals surface area contributed by atoms with Gasteiger partial charge in [-0.05, 0) is 32.6 Å². The van der Waals surface area contributed by atoms with Crippen LogP contribution in [0.25, 0.3) is 0 Å². The molecule has 0 radical (unpaired) electrons. The van der Waals surface area contributed by atoms with Crippen molar-refractivity contribution in [3.05, 3.63) is 10.6 Å². The fourth-order valence-electron chi connectivity index (χ4n) is 5.50. The standard InChI is InChI=1S/C20H31N5O4S/c1-9-15-14(10(2)26)18(27)25(15)16(19(28)29)17(9)30-13-7-24(8-13)12-5-3-4-11(6-12)23-20(21)22/h9-15,26H,3-8H2,1-2H3,(H,28,29)(H4,21,22,23)/t9-,10?,11+,12+,14-,15-/m1/s1. The fraction of sp³-hybridized carbons (Fsp3) is 0.750. The van der Waals surface area contributed by atoms with E-state index in [1.807, 2.05) is 6.92 Å². The molecule has 3 fully saturated rings. The summed E-state index contributed by atoms with van der Waals surface area (Å²) in [5.41, 5.74) is 11.2. The Labute approximate surface area is 180 Å². The van der Waals surface area contributed by atoms with E-state index in [9.17, 15) is 19.8 Å². The number of guanidine groups is 1. The number of hydrogen-bond donors (Lipinski definition) is 4. The lowest BCUT2D eigenvalue weighted by molar-refractivity contribution is -0.163. The van der Waals surface area contributed by atoms with Gasteiger partial charge in [0.2, 0.25) is 5.91 Å². The van der Waals surface area contributed by atoms with Gasteiger partial charge in [-0.1, -0.05) is 6.92 Å². The summed E-state index contributed by atoms with van der Waals surface area (Å²) < 4.78 is 0. The zero-order chi connectivity index (χ0) is 21.7. The number of amides is 1. The van der Waals surface area contributed by atoms with Gasteiger partial charge in [0.1, 0.15) is 5.70 Å². The molecule has 1 unspecified atom stereocenters. The van der Waals surface area contributed by atoms with E-state index in [0.717, 1.165) is 43.7 Å². The number of β-lactam (4-membered cyclic amide) rings is 1. The number of carbonyl (C=O) groups excluding carboxylic acids is 1. The average molecular weight is 438 g/mol. The van der Waals surface area contributed by atoms with Crippen molar-refractivity contribution in [2.75, 3.05) is 13.1 Å². The molecule has 0 spiro atoms. The van der Waals surface area contributed by atoms with Crippen LogP contribution in [-0.4, -0.2) is 80.4 Å². The molecule has 4 aliphatic rings. The Hall–Kier alpha value is -1.78. The highest BCUT2D eigenvalue weighted by Crippen LogP contribution is 2.52. The van der Waals surface area contributed by atoms with Crippen LogP contribution in [0.1, 0.15) is 39.5 Å². The molecule has 6 atom stereocenters. The zero-order valence-corrected chi connectivity index (χ0v) is 18.2. The number of aliphatic carboxylic acids is 1. The number of aliphatic imine (C=N–C) groups is 1. The number of nitrogens with zero attached hydrogens (tertiary/aromatic N) is 3. The normalized spacial score (nSPS) is 35.5. The summed E-state index contributed by atoms with van der Waals surface area (Å²) in [6.45, 7) is 5.35. The number of aliphatic hydroxyl groups is 1. The first kappa shape index (κ1) is 21.5. The van der Waals surface area contributed by atoms with Gasteiger partial charge in [-0.25, -0.2) is 4.79 Å². The van der Waals surface area contributed by atoms with Crippen molar-refractivity contribution in [2.24, 2.45) is 28.3 Å². The van der Waals surface area contributed by atoms with Crippen LogP contribution in [0.15, 0.2) is 15.6 Å². The van der Waals surface area contributed by atoms with E-state index in [-0.39, 0.29) is 35.6 Å². The van der Waals surface area contributed by atoms with E-state index in [2.05, 4.69) is 9.89 Å². The van der Waals surface area contributed by atoms with Crippen LogP contribution in [0, 0.1) is 11.8 Å². The van der Waals surface area contributed by atoms with Crippen LogP contribution in [0.2, 0.25) is 0 Å². The van der Waals surface area contributed by atoms with E-state index in [0.29, 0.717) is 11.3 Å². The van der Waals surface area contributed by atoms with Crippen molar-refractivity contribution >= 4 is 29.6 Å². The van der Waals surface area contributed by atoms with Crippen molar-refractivity contribution in [2.45, 2.75) is 69.0 Å². The molecule has 1 aliphatic carbocycles. The van der Waals surface area contributed by atoms with E-state index in [1.54, 1.807) is 18.7 Å². The Bertz CT molecular complexity index is 790. The Kier molecular flexibility index (Phi) is 5.75. The number of carboxylic acids is 1. The molecule has 1 saturated carbocycles. The minimum atomic E-state index is -1.06. The number of carboxylic acid groups (broad SMARTS) is 1. The molecule has 10 heteroatoms. The van der Waals surface area contributed by atoms with Crippen molar-refractivity contribution < 1.29 is 19.8 Å². The molecule has 3 heterocycles. The summed E-state index contributed by atoms with van der Waals surface area (Å²) in [7, 11) is 0. The summed E-state index contributed by atoms with van der Waals surface area (Å²) in [6.07, 6.45) is 3.43. The predicted molar refractivity (Wildman–Crippen MR) is 114 cm³/mol. The summed E-state index contributed by atoms with van der Waals surface area (Å²) in [5.74, 6) is -1.78. The first-order valence-corrected chi connectivity index (χ1v) is 11.5. The summed E-state index contributed by atoms with van der Waals surface area (Å²) in [6, 6.07) is 0.392. The topological polar surface area (TPSA) is 145 Å². The average Bonchev–Trinajstić information content (AvgIpc) is 2.86. The first-order valence-electron chi connectivity index (χ1n) is 10.7. The Morgan fingerprint density at radius 2 is 2.00 bits per heavy atom. The molecule has 2 saturated heterocycles. The highest BCUT2D eigenvalue weighted by atomic mass is 32.2.